The second-order valence-electron chi connectivity index (χ2n) is 7.05. The van der Waals surface area contributed by atoms with E-state index < -0.39 is 12.0 Å². The van der Waals surface area contributed by atoms with E-state index in [-0.39, 0.29) is 18.8 Å². The molecular formula is C25H26N2O6. The fourth-order valence-corrected chi connectivity index (χ4v) is 2.93. The van der Waals surface area contributed by atoms with Crippen molar-refractivity contribution in [2.24, 2.45) is 5.73 Å². The molecule has 0 unspecified atom stereocenters. The van der Waals surface area contributed by atoms with Crippen molar-refractivity contribution in [1.29, 1.82) is 0 Å². The van der Waals surface area contributed by atoms with Crippen LogP contribution in [0.15, 0.2) is 66.7 Å². The van der Waals surface area contributed by atoms with Crippen molar-refractivity contribution in [2.75, 3.05) is 14.2 Å². The van der Waals surface area contributed by atoms with Gasteiger partial charge in [-0.2, -0.15) is 0 Å². The van der Waals surface area contributed by atoms with Crippen LogP contribution >= 0.6 is 0 Å². The van der Waals surface area contributed by atoms with Gasteiger partial charge in [-0.1, -0.05) is 36.4 Å². The predicted molar refractivity (Wildman–Crippen MR) is 122 cm³/mol. The first kappa shape index (κ1) is 23.6. The topological polar surface area (TPSA) is 109 Å². The van der Waals surface area contributed by atoms with Gasteiger partial charge >= 0.3 is 6.09 Å². The minimum Gasteiger partial charge on any atom is -0.497 e. The lowest BCUT2D eigenvalue weighted by atomic mass is 10.1. The molecule has 0 heterocycles. The van der Waals surface area contributed by atoms with Gasteiger partial charge in [0, 0.05) is 12.1 Å². The van der Waals surface area contributed by atoms with Crippen LogP contribution in [0, 0.1) is 0 Å². The number of amides is 2. The number of ether oxygens (including phenoxy) is 4. The van der Waals surface area contributed by atoms with Crippen molar-refractivity contribution in [3.8, 4) is 17.2 Å². The summed E-state index contributed by atoms with van der Waals surface area (Å²) in [7, 11) is 3.08. The van der Waals surface area contributed by atoms with Crippen LogP contribution in [0.3, 0.4) is 0 Å². The summed E-state index contributed by atoms with van der Waals surface area (Å²) < 4.78 is 21.4. The van der Waals surface area contributed by atoms with Crippen molar-refractivity contribution >= 4 is 12.0 Å². The molecule has 0 aliphatic rings. The van der Waals surface area contributed by atoms with E-state index in [4.69, 9.17) is 24.7 Å². The molecule has 0 aromatic heterocycles. The van der Waals surface area contributed by atoms with E-state index >= 15 is 0 Å². The van der Waals surface area contributed by atoms with E-state index in [1.807, 2.05) is 24.3 Å². The number of nitrogens with two attached hydrogens (primary N) is 1. The van der Waals surface area contributed by atoms with Crippen molar-refractivity contribution in [2.45, 2.75) is 19.8 Å². The molecule has 0 bridgehead atoms. The van der Waals surface area contributed by atoms with E-state index in [9.17, 15) is 9.59 Å². The summed E-state index contributed by atoms with van der Waals surface area (Å²) in [5.74, 6) is 0.921. The van der Waals surface area contributed by atoms with Gasteiger partial charge in [0.1, 0.15) is 19.0 Å². The second kappa shape index (κ2) is 11.5. The molecule has 0 saturated heterocycles. The number of hydrogen-bond donors (Lipinski definition) is 2. The van der Waals surface area contributed by atoms with Gasteiger partial charge in [-0.3, -0.25) is 10.1 Å². The molecule has 8 nitrogen and oxygen atoms in total. The summed E-state index contributed by atoms with van der Waals surface area (Å²) >= 11 is 0. The van der Waals surface area contributed by atoms with E-state index in [1.165, 1.54) is 19.2 Å². The molecule has 0 aliphatic carbocycles. The number of rotatable bonds is 9. The Balaban J connectivity index is 1.59. The third-order valence-corrected chi connectivity index (χ3v) is 4.82. The average Bonchev–Trinajstić information content (AvgIpc) is 2.86. The highest BCUT2D eigenvalue weighted by molar-refractivity contribution is 6.03. The lowest BCUT2D eigenvalue weighted by Gasteiger charge is -2.13. The van der Waals surface area contributed by atoms with Gasteiger partial charge in [-0.15, -0.1) is 0 Å². The Morgan fingerprint density at radius 3 is 2.06 bits per heavy atom. The van der Waals surface area contributed by atoms with Crippen molar-refractivity contribution in [1.82, 2.24) is 5.32 Å². The lowest BCUT2D eigenvalue weighted by Crippen LogP contribution is -2.30. The predicted octanol–water partition coefficient (Wildman–Crippen LogP) is 3.81. The maximum atomic E-state index is 12.5. The van der Waals surface area contributed by atoms with Crippen LogP contribution < -0.4 is 25.3 Å². The Bertz CT molecular complexity index is 1080. The minimum absolute atomic E-state index is 0.0169. The zero-order valence-electron chi connectivity index (χ0n) is 18.5. The van der Waals surface area contributed by atoms with E-state index in [0.717, 1.165) is 16.7 Å². The average molecular weight is 450 g/mol. The van der Waals surface area contributed by atoms with E-state index in [0.29, 0.717) is 23.8 Å². The maximum absolute atomic E-state index is 12.5. The zero-order chi connectivity index (χ0) is 23.6. The number of carbonyl (C=O) groups is 2. The summed E-state index contributed by atoms with van der Waals surface area (Å²) in [4.78, 5) is 24.6. The van der Waals surface area contributed by atoms with Crippen LogP contribution in [0.5, 0.6) is 17.2 Å². The molecule has 0 radical (unpaired) electrons. The van der Waals surface area contributed by atoms with Crippen molar-refractivity contribution < 1.29 is 28.5 Å². The molecule has 3 rings (SSSR count). The maximum Gasteiger partial charge on any atom is 0.414 e. The van der Waals surface area contributed by atoms with Crippen LogP contribution in [0.25, 0.3) is 0 Å². The number of hydrogen-bond acceptors (Lipinski definition) is 7. The number of carbonyl (C=O) groups excluding carboxylic acids is 2. The first-order valence-electron chi connectivity index (χ1n) is 10.2. The molecule has 172 valence electrons. The fourth-order valence-electron chi connectivity index (χ4n) is 2.93. The zero-order valence-corrected chi connectivity index (χ0v) is 18.5. The summed E-state index contributed by atoms with van der Waals surface area (Å²) in [6.07, 6.45) is -0.853. The van der Waals surface area contributed by atoms with Crippen LogP contribution in [-0.2, 0) is 24.5 Å². The van der Waals surface area contributed by atoms with Gasteiger partial charge < -0.3 is 24.7 Å². The van der Waals surface area contributed by atoms with Gasteiger partial charge in [0.15, 0.2) is 11.5 Å². The molecule has 0 atom stereocenters. The molecule has 8 heteroatoms. The number of nitrogens with one attached hydrogen (secondary N) is 1. The quantitative estimate of drug-likeness (QED) is 0.510. The Morgan fingerprint density at radius 2 is 1.42 bits per heavy atom. The Labute approximate surface area is 192 Å². The van der Waals surface area contributed by atoms with Crippen molar-refractivity contribution in [3.05, 3.63) is 89.0 Å². The van der Waals surface area contributed by atoms with Gasteiger partial charge in [0.05, 0.1) is 14.2 Å². The van der Waals surface area contributed by atoms with E-state index in [2.05, 4.69) is 5.32 Å². The smallest absolute Gasteiger partial charge is 0.414 e. The largest absolute Gasteiger partial charge is 0.497 e. The third-order valence-electron chi connectivity index (χ3n) is 4.82. The number of methoxy groups -OCH3 is 2. The molecule has 0 fully saturated rings. The highest BCUT2D eigenvalue weighted by Crippen LogP contribution is 2.29. The van der Waals surface area contributed by atoms with Crippen LogP contribution in [-0.4, -0.2) is 26.2 Å². The number of benzene rings is 3. The Morgan fingerprint density at radius 1 is 0.788 bits per heavy atom. The molecule has 0 spiro atoms. The van der Waals surface area contributed by atoms with Gasteiger partial charge in [-0.05, 0) is 47.0 Å². The molecule has 33 heavy (non-hydrogen) atoms. The van der Waals surface area contributed by atoms with Gasteiger partial charge in [0.25, 0.3) is 5.91 Å². The fraction of sp³-hybridized carbons (Fsp3) is 0.200. The molecule has 2 amide bonds. The molecule has 0 saturated carbocycles. The minimum atomic E-state index is -0.853. The SMILES string of the molecule is COc1ccc(COC(=O)NC(=O)c2ccc(OC)c(OCc3ccc(CN)cc3)c2)cc1. The highest BCUT2D eigenvalue weighted by atomic mass is 16.5. The highest BCUT2D eigenvalue weighted by Gasteiger charge is 2.15. The molecular weight excluding hydrogens is 424 g/mol. The summed E-state index contributed by atoms with van der Waals surface area (Å²) in [6, 6.07) is 19.4. The Hall–Kier alpha value is -4.04. The third kappa shape index (κ3) is 6.72. The first-order valence-corrected chi connectivity index (χ1v) is 10.2. The summed E-state index contributed by atoms with van der Waals surface area (Å²) in [6.45, 7) is 0.758. The Kier molecular flexibility index (Phi) is 8.26. The standard InChI is InChI=1S/C25H26N2O6/c1-30-21-10-7-19(8-11-21)16-33-25(29)27-24(28)20-9-12-22(31-2)23(13-20)32-15-18-5-3-17(14-26)4-6-18/h3-13H,14-16,26H2,1-2H3,(H,27,28,29). The molecule has 3 N–H and O–H groups in total. The van der Waals surface area contributed by atoms with Crippen LogP contribution in [0.1, 0.15) is 27.0 Å². The van der Waals surface area contributed by atoms with Crippen LogP contribution in [0.2, 0.25) is 0 Å². The normalized spacial score (nSPS) is 10.3. The monoisotopic (exact) mass is 450 g/mol. The summed E-state index contributed by atoms with van der Waals surface area (Å²) in [5, 5.41) is 2.21. The molecule has 3 aromatic carbocycles. The molecule has 0 aliphatic heterocycles. The number of imide groups is 1. The first-order chi connectivity index (χ1) is 16.0. The second-order valence-corrected chi connectivity index (χ2v) is 7.05. The van der Waals surface area contributed by atoms with Gasteiger partial charge in [-0.25, -0.2) is 4.79 Å². The number of alkyl carbamates (subject to hydrolysis) is 1. The van der Waals surface area contributed by atoms with Gasteiger partial charge in [0.2, 0.25) is 0 Å². The van der Waals surface area contributed by atoms with Crippen LogP contribution in [0.4, 0.5) is 4.79 Å². The van der Waals surface area contributed by atoms with E-state index in [1.54, 1.807) is 37.4 Å². The van der Waals surface area contributed by atoms with Crippen molar-refractivity contribution in [3.63, 3.8) is 0 Å². The molecule has 3 aromatic rings. The summed E-state index contributed by atoms with van der Waals surface area (Å²) in [5.41, 5.74) is 8.57. The lowest BCUT2D eigenvalue weighted by molar-refractivity contribution is 0.0912.